The molecule has 1 aromatic carbocycles. The Morgan fingerprint density at radius 2 is 1.83 bits per heavy atom. The molecule has 14 heteroatoms. The predicted octanol–water partition coefficient (Wildman–Crippen LogP) is 3.48. The Balaban J connectivity index is 0.929. The Morgan fingerprint density at radius 1 is 1.02 bits per heavy atom. The molecule has 1 aliphatic carbocycles. The van der Waals surface area contributed by atoms with Gasteiger partial charge in [-0.2, -0.15) is 5.26 Å². The molecule has 3 aliphatic rings. The number of carbonyl (C=O) groups is 5. The van der Waals surface area contributed by atoms with E-state index in [0.29, 0.717) is 72.5 Å². The molecule has 4 aromatic rings. The monoisotopic (exact) mass is 701 g/mol. The molecule has 0 radical (unpaired) electrons. The lowest BCUT2D eigenvalue weighted by molar-refractivity contribution is -0.137. The van der Waals surface area contributed by atoms with E-state index in [9.17, 15) is 29.2 Å². The highest BCUT2D eigenvalue weighted by atomic mass is 16.2. The molecule has 266 valence electrons. The lowest BCUT2D eigenvalue weighted by Crippen LogP contribution is -2.52. The van der Waals surface area contributed by atoms with Crippen molar-refractivity contribution in [2.45, 2.75) is 83.6 Å². The normalized spacial score (nSPS) is 20.0. The second kappa shape index (κ2) is 14.3. The number of pyridine rings is 2. The van der Waals surface area contributed by atoms with Gasteiger partial charge in [-0.25, -0.2) is 9.97 Å². The van der Waals surface area contributed by atoms with Crippen molar-refractivity contribution in [1.82, 2.24) is 35.4 Å². The van der Waals surface area contributed by atoms with Gasteiger partial charge in [-0.1, -0.05) is 12.1 Å². The number of amides is 5. The molecule has 1 saturated heterocycles. The SMILES string of the molecule is CC(C)Nc1cc(-n2ccc3cc(C#N)cnc32)ncc1C(=O)N[C@H]1CC[C@H](C(=O)NCc2ccc3c(c2)CN(C2CCC(=O)NC2=O)C3=O)CC1. The third-order valence-corrected chi connectivity index (χ3v) is 9.97. The van der Waals surface area contributed by atoms with Gasteiger partial charge in [0.05, 0.1) is 16.8 Å². The van der Waals surface area contributed by atoms with Gasteiger partial charge < -0.3 is 20.9 Å². The largest absolute Gasteiger partial charge is 0.382 e. The number of fused-ring (bicyclic) bond motifs is 2. The number of nitriles is 1. The maximum atomic E-state index is 13.5. The average Bonchev–Trinajstić information content (AvgIpc) is 3.70. The quantitative estimate of drug-likeness (QED) is 0.189. The summed E-state index contributed by atoms with van der Waals surface area (Å²) in [5.41, 5.74) is 4.36. The second-order valence-corrected chi connectivity index (χ2v) is 14.0. The number of piperidine rings is 1. The summed E-state index contributed by atoms with van der Waals surface area (Å²) >= 11 is 0. The van der Waals surface area contributed by atoms with Crippen molar-refractivity contribution in [2.75, 3.05) is 5.32 Å². The van der Waals surface area contributed by atoms with Crippen LogP contribution < -0.4 is 21.3 Å². The van der Waals surface area contributed by atoms with Crippen LogP contribution in [-0.4, -0.2) is 67.1 Å². The highest BCUT2D eigenvalue weighted by Gasteiger charge is 2.39. The van der Waals surface area contributed by atoms with Crippen molar-refractivity contribution < 1.29 is 24.0 Å². The van der Waals surface area contributed by atoms with Crippen molar-refractivity contribution in [1.29, 1.82) is 5.26 Å². The number of rotatable bonds is 9. The van der Waals surface area contributed by atoms with Gasteiger partial charge in [0.15, 0.2) is 0 Å². The van der Waals surface area contributed by atoms with Gasteiger partial charge in [0.1, 0.15) is 23.6 Å². The van der Waals surface area contributed by atoms with Crippen LogP contribution in [0.15, 0.2) is 55.0 Å². The van der Waals surface area contributed by atoms with Gasteiger partial charge in [0.2, 0.25) is 17.7 Å². The van der Waals surface area contributed by atoms with E-state index < -0.39 is 11.9 Å². The molecule has 0 spiro atoms. The zero-order valence-corrected chi connectivity index (χ0v) is 28.9. The van der Waals surface area contributed by atoms with Gasteiger partial charge in [-0.3, -0.25) is 33.9 Å². The van der Waals surface area contributed by atoms with E-state index in [4.69, 9.17) is 0 Å². The minimum Gasteiger partial charge on any atom is -0.382 e. The van der Waals surface area contributed by atoms with E-state index in [2.05, 4.69) is 37.3 Å². The van der Waals surface area contributed by atoms with Gasteiger partial charge in [0.25, 0.3) is 11.8 Å². The number of hydrogen-bond donors (Lipinski definition) is 4. The molecule has 5 heterocycles. The Bertz CT molecular complexity index is 2140. The van der Waals surface area contributed by atoms with Crippen molar-refractivity contribution in [3.05, 3.63) is 82.8 Å². The average molecular weight is 702 g/mol. The first-order valence-corrected chi connectivity index (χ1v) is 17.6. The van der Waals surface area contributed by atoms with Crippen LogP contribution in [0.4, 0.5) is 5.69 Å². The Morgan fingerprint density at radius 3 is 2.58 bits per heavy atom. The van der Waals surface area contributed by atoms with E-state index in [-0.39, 0.29) is 54.6 Å². The van der Waals surface area contributed by atoms with Crippen molar-refractivity contribution in [3.63, 3.8) is 0 Å². The maximum Gasteiger partial charge on any atom is 0.255 e. The fourth-order valence-electron chi connectivity index (χ4n) is 7.29. The zero-order chi connectivity index (χ0) is 36.5. The molecule has 2 aliphatic heterocycles. The van der Waals surface area contributed by atoms with Crippen LogP contribution in [0.3, 0.4) is 0 Å². The minimum absolute atomic E-state index is 0.0504. The zero-order valence-electron chi connectivity index (χ0n) is 28.9. The molecule has 7 rings (SSSR count). The van der Waals surface area contributed by atoms with E-state index in [1.807, 2.05) is 48.9 Å². The van der Waals surface area contributed by atoms with Crippen LogP contribution in [0, 0.1) is 17.2 Å². The van der Waals surface area contributed by atoms with Crippen LogP contribution in [0.5, 0.6) is 0 Å². The summed E-state index contributed by atoms with van der Waals surface area (Å²) in [4.78, 5) is 74.1. The second-order valence-electron chi connectivity index (χ2n) is 14.0. The molecule has 1 unspecified atom stereocenters. The number of benzene rings is 1. The van der Waals surface area contributed by atoms with Crippen LogP contribution in [0.1, 0.15) is 89.8 Å². The summed E-state index contributed by atoms with van der Waals surface area (Å²) in [5, 5.41) is 21.9. The number of nitrogens with one attached hydrogen (secondary N) is 4. The third-order valence-electron chi connectivity index (χ3n) is 9.97. The summed E-state index contributed by atoms with van der Waals surface area (Å²) in [6.45, 7) is 4.57. The van der Waals surface area contributed by atoms with E-state index in [1.165, 1.54) is 11.1 Å². The number of imide groups is 1. The summed E-state index contributed by atoms with van der Waals surface area (Å²) in [6.07, 6.45) is 7.99. The maximum absolute atomic E-state index is 13.5. The molecule has 14 nitrogen and oxygen atoms in total. The van der Waals surface area contributed by atoms with Crippen LogP contribution in [-0.2, 0) is 27.5 Å². The molecule has 5 amide bonds. The highest BCUT2D eigenvalue weighted by Crippen LogP contribution is 2.30. The Labute approximate surface area is 300 Å². The lowest BCUT2D eigenvalue weighted by atomic mass is 9.85. The molecule has 0 bridgehead atoms. The third kappa shape index (κ3) is 6.94. The summed E-state index contributed by atoms with van der Waals surface area (Å²) in [7, 11) is 0. The molecule has 4 N–H and O–H groups in total. The number of hydrogen-bond acceptors (Lipinski definition) is 9. The number of carbonyl (C=O) groups excluding carboxylic acids is 5. The van der Waals surface area contributed by atoms with Gasteiger partial charge in [-0.05, 0) is 75.3 Å². The van der Waals surface area contributed by atoms with Crippen LogP contribution >= 0.6 is 0 Å². The molecule has 1 saturated carbocycles. The lowest BCUT2D eigenvalue weighted by Gasteiger charge is -2.29. The van der Waals surface area contributed by atoms with Crippen molar-refractivity contribution in [3.8, 4) is 11.9 Å². The molecule has 1 atom stereocenters. The first kappa shape index (κ1) is 34.4. The molecular weight excluding hydrogens is 662 g/mol. The van der Waals surface area contributed by atoms with Crippen molar-refractivity contribution in [2.24, 2.45) is 5.92 Å². The highest BCUT2D eigenvalue weighted by molar-refractivity contribution is 6.05. The first-order valence-electron chi connectivity index (χ1n) is 17.6. The summed E-state index contributed by atoms with van der Waals surface area (Å²) in [6, 6.07) is 12.3. The van der Waals surface area contributed by atoms with Crippen LogP contribution in [0.2, 0.25) is 0 Å². The number of nitrogens with zero attached hydrogens (tertiary/aromatic N) is 5. The smallest absolute Gasteiger partial charge is 0.255 e. The van der Waals surface area contributed by atoms with E-state index >= 15 is 0 Å². The fraction of sp³-hybridized carbons (Fsp3) is 0.368. The number of anilines is 1. The molecular formula is C38H39N9O5. The van der Waals surface area contributed by atoms with Gasteiger partial charge in [0, 0.05) is 73.1 Å². The minimum atomic E-state index is -0.674. The van der Waals surface area contributed by atoms with Gasteiger partial charge >= 0.3 is 0 Å². The standard InChI is InChI=1S/C38H39N9O5/c1-21(2)43-30-15-32(46-12-11-25-14-23(16-39)18-41-34(25)46)40-19-29(30)36(50)44-27-6-4-24(5-7-27)35(49)42-17-22-3-8-28-26(13-22)20-47(38(28)52)31-9-10-33(48)45-37(31)51/h3,8,11-15,18-19,21,24,27,31H,4-7,9-10,17,20H2,1-2H3,(H,40,43)(H,42,49)(H,44,50)(H,45,48,51)/t24-,27-,31?. The summed E-state index contributed by atoms with van der Waals surface area (Å²) in [5.74, 6) is -0.892. The fourth-order valence-corrected chi connectivity index (χ4v) is 7.29. The predicted molar refractivity (Wildman–Crippen MR) is 190 cm³/mol. The Hall–Kier alpha value is -6.10. The van der Waals surface area contributed by atoms with Crippen molar-refractivity contribution >= 4 is 46.3 Å². The number of aromatic nitrogens is 3. The summed E-state index contributed by atoms with van der Waals surface area (Å²) < 4.78 is 1.82. The molecule has 2 fully saturated rings. The topological polar surface area (TPSA) is 191 Å². The van der Waals surface area contributed by atoms with Crippen LogP contribution in [0.25, 0.3) is 16.9 Å². The van der Waals surface area contributed by atoms with E-state index in [0.717, 1.165) is 16.5 Å². The first-order chi connectivity index (χ1) is 25.1. The van der Waals surface area contributed by atoms with E-state index in [1.54, 1.807) is 18.3 Å². The molecule has 52 heavy (non-hydrogen) atoms. The van der Waals surface area contributed by atoms with Gasteiger partial charge in [-0.15, -0.1) is 0 Å². The molecule has 3 aromatic heterocycles. The Kier molecular flexibility index (Phi) is 9.42.